The van der Waals surface area contributed by atoms with E-state index in [-0.39, 0.29) is 16.5 Å². The molecule has 0 unspecified atom stereocenters. The Morgan fingerprint density at radius 1 is 0.969 bits per heavy atom. The highest BCUT2D eigenvalue weighted by Gasteiger charge is 2.18. The van der Waals surface area contributed by atoms with E-state index >= 15 is 0 Å². The summed E-state index contributed by atoms with van der Waals surface area (Å²) >= 11 is 0. The molecule has 0 atom stereocenters. The van der Waals surface area contributed by atoms with Crippen LogP contribution in [0.4, 0.5) is 13.2 Å². The molecule has 0 N–H and O–H groups in total. The van der Waals surface area contributed by atoms with Crippen molar-refractivity contribution in [1.29, 1.82) is 0 Å². The molecule has 0 bridgehead atoms. The smallest absolute Gasteiger partial charge is 0.343 e. The topological polar surface area (TPSA) is 26.3 Å². The van der Waals surface area contributed by atoms with Gasteiger partial charge in [-0.05, 0) is 85.5 Å². The van der Waals surface area contributed by atoms with Crippen LogP contribution in [0.5, 0.6) is 5.75 Å². The molecule has 0 aromatic heterocycles. The van der Waals surface area contributed by atoms with Gasteiger partial charge in [0.15, 0.2) is 17.5 Å². The maximum atomic E-state index is 13.8. The molecule has 1 saturated carbocycles. The number of rotatable bonds is 3. The average molecular weight is 436 g/mol. The van der Waals surface area contributed by atoms with Crippen LogP contribution in [0.25, 0.3) is 10.8 Å². The van der Waals surface area contributed by atoms with Crippen LogP contribution in [0.2, 0.25) is 0 Å². The quantitative estimate of drug-likeness (QED) is 0.190. The summed E-state index contributed by atoms with van der Waals surface area (Å²) in [5, 5.41) is 0.0140. The van der Waals surface area contributed by atoms with Gasteiger partial charge in [-0.3, -0.25) is 0 Å². The van der Waals surface area contributed by atoms with Gasteiger partial charge in [0.25, 0.3) is 0 Å². The Bertz CT molecular complexity index is 1200. The van der Waals surface area contributed by atoms with Gasteiger partial charge in [0.1, 0.15) is 5.75 Å². The zero-order valence-electron chi connectivity index (χ0n) is 17.8. The second-order valence-electron chi connectivity index (χ2n) is 8.23. The van der Waals surface area contributed by atoms with Crippen LogP contribution in [0.3, 0.4) is 0 Å². The van der Waals surface area contributed by atoms with Gasteiger partial charge in [-0.25, -0.2) is 18.0 Å². The standard InChI is InChI=1S/C27H23F3O2/c1-2-17-3-5-18(6-4-17)7-8-19-9-11-20(12-10-19)27(31)32-22-13-14-23-21(15-22)16-24(28)26(30)25(23)29/h9-18H,2-6H2,1H3. The molecule has 4 rings (SSSR count). The van der Waals surface area contributed by atoms with Crippen LogP contribution in [0.15, 0.2) is 48.5 Å². The van der Waals surface area contributed by atoms with Crippen molar-refractivity contribution < 1.29 is 22.7 Å². The van der Waals surface area contributed by atoms with Gasteiger partial charge in [0.2, 0.25) is 0 Å². The molecule has 164 valence electrons. The highest BCUT2D eigenvalue weighted by Crippen LogP contribution is 2.30. The molecule has 3 aromatic carbocycles. The van der Waals surface area contributed by atoms with Crippen LogP contribution in [-0.4, -0.2) is 5.97 Å². The third kappa shape index (κ3) is 4.80. The molecule has 0 aliphatic heterocycles. The van der Waals surface area contributed by atoms with Crippen molar-refractivity contribution in [3.05, 3.63) is 77.1 Å². The van der Waals surface area contributed by atoms with Gasteiger partial charge in [-0.2, -0.15) is 0 Å². The first-order valence-electron chi connectivity index (χ1n) is 10.9. The summed E-state index contributed by atoms with van der Waals surface area (Å²) in [5.41, 5.74) is 1.16. The van der Waals surface area contributed by atoms with E-state index in [2.05, 4.69) is 18.8 Å². The minimum atomic E-state index is -1.53. The fourth-order valence-corrected chi connectivity index (χ4v) is 4.10. The van der Waals surface area contributed by atoms with Gasteiger partial charge < -0.3 is 4.74 Å². The van der Waals surface area contributed by atoms with E-state index in [4.69, 9.17) is 4.74 Å². The Hall–Kier alpha value is -3.26. The summed E-state index contributed by atoms with van der Waals surface area (Å²) in [4.78, 5) is 12.4. The molecule has 1 aliphatic rings. The van der Waals surface area contributed by atoms with Gasteiger partial charge >= 0.3 is 5.97 Å². The Balaban J connectivity index is 1.42. The van der Waals surface area contributed by atoms with Gasteiger partial charge in [0, 0.05) is 16.9 Å². The third-order valence-electron chi connectivity index (χ3n) is 6.12. The lowest BCUT2D eigenvalue weighted by Gasteiger charge is -2.24. The Kier molecular flexibility index (Phi) is 6.50. The summed E-state index contributed by atoms with van der Waals surface area (Å²) in [7, 11) is 0. The molecule has 1 fully saturated rings. The molecule has 0 amide bonds. The first kappa shape index (κ1) is 22.0. The predicted molar refractivity (Wildman–Crippen MR) is 118 cm³/mol. The van der Waals surface area contributed by atoms with Crippen molar-refractivity contribution in [2.45, 2.75) is 39.0 Å². The molecule has 0 radical (unpaired) electrons. The molecule has 32 heavy (non-hydrogen) atoms. The fourth-order valence-electron chi connectivity index (χ4n) is 4.10. The Morgan fingerprint density at radius 2 is 1.69 bits per heavy atom. The lowest BCUT2D eigenvalue weighted by molar-refractivity contribution is 0.0735. The highest BCUT2D eigenvalue weighted by atomic mass is 19.2. The van der Waals surface area contributed by atoms with Crippen molar-refractivity contribution in [3.63, 3.8) is 0 Å². The largest absolute Gasteiger partial charge is 0.423 e. The monoisotopic (exact) mass is 436 g/mol. The highest BCUT2D eigenvalue weighted by molar-refractivity contribution is 5.92. The maximum Gasteiger partial charge on any atom is 0.343 e. The second kappa shape index (κ2) is 9.48. The first-order chi connectivity index (χ1) is 15.4. The normalized spacial score (nSPS) is 18.1. The van der Waals surface area contributed by atoms with E-state index in [0.29, 0.717) is 11.5 Å². The van der Waals surface area contributed by atoms with Crippen molar-refractivity contribution >= 4 is 16.7 Å². The average Bonchev–Trinajstić information content (AvgIpc) is 2.82. The number of hydrogen-bond donors (Lipinski definition) is 0. The lowest BCUT2D eigenvalue weighted by Crippen LogP contribution is -2.12. The summed E-state index contributed by atoms with van der Waals surface area (Å²) < 4.78 is 46.0. The number of fused-ring (bicyclic) bond motifs is 1. The zero-order chi connectivity index (χ0) is 22.7. The van der Waals surface area contributed by atoms with Crippen LogP contribution in [0, 0.1) is 41.1 Å². The molecule has 1 aliphatic carbocycles. The number of ether oxygens (including phenoxy) is 1. The van der Waals surface area contributed by atoms with Crippen molar-refractivity contribution in [3.8, 4) is 17.6 Å². The lowest BCUT2D eigenvalue weighted by atomic mass is 9.81. The Labute approximate surface area is 185 Å². The molecule has 0 heterocycles. The van der Waals surface area contributed by atoms with E-state index in [1.165, 1.54) is 37.5 Å². The van der Waals surface area contributed by atoms with Crippen LogP contribution >= 0.6 is 0 Å². The number of hydrogen-bond acceptors (Lipinski definition) is 2. The third-order valence-corrected chi connectivity index (χ3v) is 6.12. The SMILES string of the molecule is CCC1CCC(C#Cc2ccc(C(=O)Oc3ccc4c(F)c(F)c(F)cc4c3)cc2)CC1. The van der Waals surface area contributed by atoms with Crippen molar-refractivity contribution in [2.24, 2.45) is 11.8 Å². The maximum absolute atomic E-state index is 13.8. The summed E-state index contributed by atoms with van der Waals surface area (Å²) in [6.07, 6.45) is 6.00. The van der Waals surface area contributed by atoms with Gasteiger partial charge in [-0.1, -0.05) is 25.2 Å². The summed E-state index contributed by atoms with van der Waals surface area (Å²) in [5.74, 6) is 3.21. The van der Waals surface area contributed by atoms with Crippen LogP contribution < -0.4 is 4.74 Å². The number of benzene rings is 3. The molecular formula is C27H23F3O2. The fraction of sp³-hybridized carbons (Fsp3) is 0.296. The molecule has 0 saturated heterocycles. The van der Waals surface area contributed by atoms with Crippen molar-refractivity contribution in [1.82, 2.24) is 0 Å². The van der Waals surface area contributed by atoms with Crippen molar-refractivity contribution in [2.75, 3.05) is 0 Å². The number of carbonyl (C=O) groups excluding carboxylic acids is 1. The minimum Gasteiger partial charge on any atom is -0.423 e. The zero-order valence-corrected chi connectivity index (χ0v) is 17.8. The molecule has 2 nitrogen and oxygen atoms in total. The van der Waals surface area contributed by atoms with E-state index in [0.717, 1.165) is 30.4 Å². The number of halogens is 3. The molecular weight excluding hydrogens is 413 g/mol. The molecule has 5 heteroatoms. The predicted octanol–water partition coefficient (Wildman–Crippen LogP) is 7.04. The van der Waals surface area contributed by atoms with Gasteiger partial charge in [0.05, 0.1) is 5.56 Å². The van der Waals surface area contributed by atoms with E-state index < -0.39 is 23.4 Å². The second-order valence-corrected chi connectivity index (χ2v) is 8.23. The summed E-state index contributed by atoms with van der Waals surface area (Å²) in [6.45, 7) is 2.24. The van der Waals surface area contributed by atoms with E-state index in [9.17, 15) is 18.0 Å². The minimum absolute atomic E-state index is 0.0881. The molecule has 3 aromatic rings. The van der Waals surface area contributed by atoms with E-state index in [1.807, 2.05) is 0 Å². The summed E-state index contributed by atoms with van der Waals surface area (Å²) in [6, 6.07) is 11.6. The van der Waals surface area contributed by atoms with Crippen LogP contribution in [0.1, 0.15) is 54.9 Å². The number of carbonyl (C=O) groups is 1. The van der Waals surface area contributed by atoms with Crippen LogP contribution in [-0.2, 0) is 0 Å². The molecule has 0 spiro atoms. The van der Waals surface area contributed by atoms with Gasteiger partial charge in [-0.15, -0.1) is 0 Å². The Morgan fingerprint density at radius 3 is 2.38 bits per heavy atom. The number of esters is 1. The first-order valence-corrected chi connectivity index (χ1v) is 10.9. The van der Waals surface area contributed by atoms with E-state index in [1.54, 1.807) is 24.3 Å².